The van der Waals surface area contributed by atoms with Gasteiger partial charge in [-0.05, 0) is 61.2 Å². The first kappa shape index (κ1) is 14.6. The fourth-order valence-electron chi connectivity index (χ4n) is 3.32. The van der Waals surface area contributed by atoms with Gasteiger partial charge in [0.1, 0.15) is 0 Å². The summed E-state index contributed by atoms with van der Waals surface area (Å²) in [6, 6.07) is 9.32. The van der Waals surface area contributed by atoms with Crippen LogP contribution in [-0.4, -0.2) is 13.1 Å². The maximum absolute atomic E-state index is 3.53. The third-order valence-electron chi connectivity index (χ3n) is 4.62. The predicted octanol–water partition coefficient (Wildman–Crippen LogP) is 4.38. The summed E-state index contributed by atoms with van der Waals surface area (Å²) in [6.45, 7) is 9.04. The average molecular weight is 259 g/mol. The minimum Gasteiger partial charge on any atom is -0.317 e. The quantitative estimate of drug-likeness (QED) is 0.799. The summed E-state index contributed by atoms with van der Waals surface area (Å²) < 4.78 is 0. The second-order valence-electron chi connectivity index (χ2n) is 6.36. The van der Waals surface area contributed by atoms with Crippen molar-refractivity contribution in [3.63, 3.8) is 0 Å². The van der Waals surface area contributed by atoms with Gasteiger partial charge in [-0.15, -0.1) is 0 Å². The average Bonchev–Trinajstić information content (AvgIpc) is 2.84. The van der Waals surface area contributed by atoms with Crippen molar-refractivity contribution in [2.24, 2.45) is 11.8 Å². The zero-order chi connectivity index (χ0) is 13.7. The van der Waals surface area contributed by atoms with Crippen LogP contribution in [0.5, 0.6) is 0 Å². The summed E-state index contributed by atoms with van der Waals surface area (Å²) >= 11 is 0. The summed E-state index contributed by atoms with van der Waals surface area (Å²) in [4.78, 5) is 0. The molecule has 0 amide bonds. The molecule has 2 atom stereocenters. The van der Waals surface area contributed by atoms with Crippen molar-refractivity contribution >= 4 is 0 Å². The molecule has 106 valence electrons. The molecule has 0 aliphatic heterocycles. The fraction of sp³-hybridized carbons (Fsp3) is 0.667. The van der Waals surface area contributed by atoms with Crippen LogP contribution in [0.25, 0.3) is 0 Å². The van der Waals surface area contributed by atoms with Gasteiger partial charge in [0, 0.05) is 0 Å². The molecule has 1 saturated carbocycles. The highest BCUT2D eigenvalue weighted by Crippen LogP contribution is 2.34. The van der Waals surface area contributed by atoms with Crippen molar-refractivity contribution in [1.29, 1.82) is 0 Å². The van der Waals surface area contributed by atoms with Crippen LogP contribution in [0, 0.1) is 11.8 Å². The van der Waals surface area contributed by atoms with Gasteiger partial charge in [0.15, 0.2) is 0 Å². The molecule has 2 rings (SSSR count). The summed E-state index contributed by atoms with van der Waals surface area (Å²) in [5, 5.41) is 3.53. The monoisotopic (exact) mass is 259 g/mol. The smallest absolute Gasteiger partial charge is 0.00179 e. The highest BCUT2D eigenvalue weighted by Gasteiger charge is 2.26. The van der Waals surface area contributed by atoms with E-state index in [0.29, 0.717) is 5.92 Å². The van der Waals surface area contributed by atoms with Crippen LogP contribution in [0.3, 0.4) is 0 Å². The van der Waals surface area contributed by atoms with Gasteiger partial charge in [-0.2, -0.15) is 0 Å². The first-order valence-corrected chi connectivity index (χ1v) is 8.00. The molecule has 0 radical (unpaired) electrons. The number of benzene rings is 1. The Kier molecular flexibility index (Phi) is 5.45. The molecule has 0 heterocycles. The molecule has 2 unspecified atom stereocenters. The second-order valence-corrected chi connectivity index (χ2v) is 6.36. The Morgan fingerprint density at radius 2 is 1.79 bits per heavy atom. The number of hydrogen-bond donors (Lipinski definition) is 1. The highest BCUT2D eigenvalue weighted by molar-refractivity contribution is 5.25. The van der Waals surface area contributed by atoms with Gasteiger partial charge in [0.25, 0.3) is 0 Å². The van der Waals surface area contributed by atoms with Crippen LogP contribution in [0.4, 0.5) is 0 Å². The van der Waals surface area contributed by atoms with Gasteiger partial charge in [-0.25, -0.2) is 0 Å². The Morgan fingerprint density at radius 1 is 1.11 bits per heavy atom. The molecular weight excluding hydrogens is 230 g/mol. The molecule has 1 N–H and O–H groups in total. The zero-order valence-electron chi connectivity index (χ0n) is 12.8. The molecular formula is C18H29N. The largest absolute Gasteiger partial charge is 0.317 e. The molecule has 0 saturated heterocycles. The third kappa shape index (κ3) is 4.07. The lowest BCUT2D eigenvalue weighted by Gasteiger charge is -2.20. The van der Waals surface area contributed by atoms with E-state index in [1.807, 2.05) is 0 Å². The Hall–Kier alpha value is -0.820. The van der Waals surface area contributed by atoms with Gasteiger partial charge in [-0.3, -0.25) is 0 Å². The van der Waals surface area contributed by atoms with Gasteiger partial charge >= 0.3 is 0 Å². The van der Waals surface area contributed by atoms with E-state index >= 15 is 0 Å². The minimum absolute atomic E-state index is 0.641. The molecule has 1 heteroatoms. The van der Waals surface area contributed by atoms with Crippen LogP contribution in [0.15, 0.2) is 24.3 Å². The second kappa shape index (κ2) is 7.09. The van der Waals surface area contributed by atoms with Crippen molar-refractivity contribution in [3.8, 4) is 0 Å². The Morgan fingerprint density at radius 3 is 2.42 bits per heavy atom. The fourth-order valence-corrected chi connectivity index (χ4v) is 3.32. The SMILES string of the molecule is CCNCC1CCCC1Cc1ccc(C(C)C)cc1. The van der Waals surface area contributed by atoms with E-state index in [4.69, 9.17) is 0 Å². The number of rotatable bonds is 6. The van der Waals surface area contributed by atoms with E-state index in [1.165, 1.54) is 43.4 Å². The molecule has 19 heavy (non-hydrogen) atoms. The van der Waals surface area contributed by atoms with Crippen molar-refractivity contribution in [2.75, 3.05) is 13.1 Å². The van der Waals surface area contributed by atoms with Gasteiger partial charge in [0.05, 0.1) is 0 Å². The summed E-state index contributed by atoms with van der Waals surface area (Å²) in [5.41, 5.74) is 2.98. The highest BCUT2D eigenvalue weighted by atomic mass is 14.8. The zero-order valence-corrected chi connectivity index (χ0v) is 12.8. The minimum atomic E-state index is 0.641. The van der Waals surface area contributed by atoms with Crippen molar-refractivity contribution in [3.05, 3.63) is 35.4 Å². The topological polar surface area (TPSA) is 12.0 Å². The Labute approximate surface area is 118 Å². The van der Waals surface area contributed by atoms with Crippen LogP contribution in [0.1, 0.15) is 57.1 Å². The van der Waals surface area contributed by atoms with Gasteiger partial charge in [0.2, 0.25) is 0 Å². The molecule has 0 spiro atoms. The lowest BCUT2D eigenvalue weighted by Crippen LogP contribution is -2.25. The lowest BCUT2D eigenvalue weighted by molar-refractivity contribution is 0.368. The molecule has 0 bridgehead atoms. The van der Waals surface area contributed by atoms with Crippen LogP contribution < -0.4 is 5.32 Å². The molecule has 1 aromatic rings. The van der Waals surface area contributed by atoms with Gasteiger partial charge in [-0.1, -0.05) is 51.5 Å². The Balaban J connectivity index is 1.92. The third-order valence-corrected chi connectivity index (χ3v) is 4.62. The molecule has 0 aromatic heterocycles. The summed E-state index contributed by atoms with van der Waals surface area (Å²) in [5.74, 6) is 2.43. The van der Waals surface area contributed by atoms with E-state index in [1.54, 1.807) is 0 Å². The van der Waals surface area contributed by atoms with E-state index in [9.17, 15) is 0 Å². The molecule has 1 aromatic carbocycles. The molecule has 1 nitrogen and oxygen atoms in total. The molecule has 1 aliphatic rings. The normalized spacial score (nSPS) is 23.2. The predicted molar refractivity (Wildman–Crippen MR) is 83.6 cm³/mol. The summed E-state index contributed by atoms with van der Waals surface area (Å²) in [7, 11) is 0. The van der Waals surface area contributed by atoms with Crippen LogP contribution in [0.2, 0.25) is 0 Å². The lowest BCUT2D eigenvalue weighted by atomic mass is 9.89. The van der Waals surface area contributed by atoms with E-state index in [0.717, 1.165) is 18.4 Å². The standard InChI is InChI=1S/C18H29N/c1-4-19-13-18-7-5-6-17(18)12-15-8-10-16(11-9-15)14(2)3/h8-11,14,17-19H,4-7,12-13H2,1-3H3. The number of hydrogen-bond acceptors (Lipinski definition) is 1. The molecule has 1 aliphatic carbocycles. The maximum Gasteiger partial charge on any atom is -0.00179 e. The van der Waals surface area contributed by atoms with E-state index < -0.39 is 0 Å². The van der Waals surface area contributed by atoms with Gasteiger partial charge < -0.3 is 5.32 Å². The van der Waals surface area contributed by atoms with Crippen molar-refractivity contribution in [2.45, 2.75) is 52.4 Å². The first-order chi connectivity index (χ1) is 9.20. The van der Waals surface area contributed by atoms with E-state index in [-0.39, 0.29) is 0 Å². The summed E-state index contributed by atoms with van der Waals surface area (Å²) in [6.07, 6.45) is 5.53. The molecule has 1 fully saturated rings. The van der Waals surface area contributed by atoms with Crippen molar-refractivity contribution < 1.29 is 0 Å². The first-order valence-electron chi connectivity index (χ1n) is 8.00. The van der Waals surface area contributed by atoms with Crippen molar-refractivity contribution in [1.82, 2.24) is 5.32 Å². The maximum atomic E-state index is 3.53. The number of nitrogens with one attached hydrogen (secondary N) is 1. The Bertz CT molecular complexity index is 366. The van der Waals surface area contributed by atoms with Crippen LogP contribution in [-0.2, 0) is 6.42 Å². The van der Waals surface area contributed by atoms with E-state index in [2.05, 4.69) is 50.4 Å². The van der Waals surface area contributed by atoms with Crippen LogP contribution >= 0.6 is 0 Å².